The fraction of sp³-hybridized carbons (Fsp3) is 0.385. The van der Waals surface area contributed by atoms with Crippen molar-refractivity contribution in [2.75, 3.05) is 11.9 Å². The third kappa shape index (κ3) is 2.91. The predicted molar refractivity (Wildman–Crippen MR) is 75.1 cm³/mol. The summed E-state index contributed by atoms with van der Waals surface area (Å²) < 4.78 is 26.9. The molecule has 1 aromatic rings. The Morgan fingerprint density at radius 2 is 2.05 bits per heavy atom. The molecule has 1 fully saturated rings. The Hall–Kier alpha value is -1.93. The van der Waals surface area contributed by atoms with Crippen molar-refractivity contribution >= 4 is 27.5 Å². The van der Waals surface area contributed by atoms with Gasteiger partial charge >= 0.3 is 0 Å². The lowest BCUT2D eigenvalue weighted by molar-refractivity contribution is -0.119. The molecule has 1 unspecified atom stereocenters. The van der Waals surface area contributed by atoms with Gasteiger partial charge in [0, 0.05) is 24.7 Å². The molecule has 1 aromatic carbocycles. The van der Waals surface area contributed by atoms with Gasteiger partial charge in [-0.25, -0.2) is 13.1 Å². The lowest BCUT2D eigenvalue weighted by atomic mass is 10.2. The molecule has 0 saturated carbocycles. The van der Waals surface area contributed by atoms with Crippen LogP contribution >= 0.6 is 0 Å². The van der Waals surface area contributed by atoms with E-state index in [2.05, 4.69) is 15.4 Å². The minimum atomic E-state index is -3.64. The normalized spacial score (nSPS) is 21.0. The maximum atomic E-state index is 12.2. The number of amides is 2. The average Bonchev–Trinajstić information content (AvgIpc) is 3.00. The number of fused-ring (bicyclic) bond motifs is 1. The summed E-state index contributed by atoms with van der Waals surface area (Å²) in [5.41, 5.74) is 1.33. The van der Waals surface area contributed by atoms with Crippen LogP contribution in [0.4, 0.5) is 5.69 Å². The molecule has 2 aliphatic rings. The largest absolute Gasteiger partial charge is 0.352 e. The van der Waals surface area contributed by atoms with E-state index < -0.39 is 10.0 Å². The molecule has 3 rings (SSSR count). The van der Waals surface area contributed by atoms with Crippen LogP contribution in [0.1, 0.15) is 18.4 Å². The summed E-state index contributed by atoms with van der Waals surface area (Å²) in [6.45, 7) is 0.169. The summed E-state index contributed by atoms with van der Waals surface area (Å²) in [7, 11) is -3.64. The fourth-order valence-corrected chi connectivity index (χ4v) is 3.63. The third-order valence-electron chi connectivity index (χ3n) is 3.62. The summed E-state index contributed by atoms with van der Waals surface area (Å²) in [5, 5.41) is 5.36. The van der Waals surface area contributed by atoms with Crippen LogP contribution in [0.15, 0.2) is 23.1 Å². The van der Waals surface area contributed by atoms with E-state index in [1.807, 2.05) is 0 Å². The van der Waals surface area contributed by atoms with Crippen LogP contribution in [-0.2, 0) is 26.0 Å². The quantitative estimate of drug-likeness (QED) is 0.712. The Morgan fingerprint density at radius 1 is 1.24 bits per heavy atom. The zero-order valence-electron chi connectivity index (χ0n) is 11.2. The molecule has 1 atom stereocenters. The van der Waals surface area contributed by atoms with E-state index in [0.29, 0.717) is 24.1 Å². The number of sulfonamides is 1. The lowest BCUT2D eigenvalue weighted by Crippen LogP contribution is -2.38. The van der Waals surface area contributed by atoms with Gasteiger partial charge in [-0.1, -0.05) is 0 Å². The highest BCUT2D eigenvalue weighted by Crippen LogP contribution is 2.25. The Morgan fingerprint density at radius 3 is 2.76 bits per heavy atom. The van der Waals surface area contributed by atoms with E-state index in [0.717, 1.165) is 0 Å². The fourth-order valence-electron chi connectivity index (χ4n) is 2.50. The first kappa shape index (κ1) is 14.0. The van der Waals surface area contributed by atoms with Gasteiger partial charge in [-0.3, -0.25) is 9.59 Å². The van der Waals surface area contributed by atoms with Crippen LogP contribution < -0.4 is 15.4 Å². The number of carbonyl (C=O) groups excluding carboxylic acids is 2. The van der Waals surface area contributed by atoms with Crippen LogP contribution in [0.2, 0.25) is 0 Å². The topological polar surface area (TPSA) is 104 Å². The highest BCUT2D eigenvalue weighted by atomic mass is 32.2. The Bertz CT molecular complexity index is 714. The highest BCUT2D eigenvalue weighted by Gasteiger charge is 2.25. The second kappa shape index (κ2) is 5.12. The van der Waals surface area contributed by atoms with Crippen molar-refractivity contribution in [3.8, 4) is 0 Å². The molecule has 1 saturated heterocycles. The van der Waals surface area contributed by atoms with Gasteiger partial charge in [0.05, 0.1) is 11.3 Å². The average molecular weight is 309 g/mol. The van der Waals surface area contributed by atoms with E-state index in [-0.39, 0.29) is 35.7 Å². The number of anilines is 1. The van der Waals surface area contributed by atoms with Crippen LogP contribution in [0.3, 0.4) is 0 Å². The molecule has 7 nitrogen and oxygen atoms in total. The zero-order chi connectivity index (χ0) is 15.0. The van der Waals surface area contributed by atoms with Crippen LogP contribution in [-0.4, -0.2) is 32.8 Å². The molecule has 0 aromatic heterocycles. The molecule has 21 heavy (non-hydrogen) atoms. The first-order chi connectivity index (χ1) is 9.94. The molecule has 2 heterocycles. The van der Waals surface area contributed by atoms with Gasteiger partial charge in [-0.15, -0.1) is 0 Å². The van der Waals surface area contributed by atoms with Gasteiger partial charge in [0.1, 0.15) is 0 Å². The first-order valence-corrected chi connectivity index (χ1v) is 8.14. The van der Waals surface area contributed by atoms with E-state index in [9.17, 15) is 18.0 Å². The first-order valence-electron chi connectivity index (χ1n) is 6.66. The molecule has 2 amide bonds. The molecule has 3 N–H and O–H groups in total. The lowest BCUT2D eigenvalue weighted by Gasteiger charge is -2.12. The number of rotatable bonds is 4. The highest BCUT2D eigenvalue weighted by molar-refractivity contribution is 7.89. The summed E-state index contributed by atoms with van der Waals surface area (Å²) in [6, 6.07) is 4.39. The second-order valence-electron chi connectivity index (χ2n) is 5.20. The van der Waals surface area contributed by atoms with Gasteiger partial charge in [0.15, 0.2) is 0 Å². The second-order valence-corrected chi connectivity index (χ2v) is 6.97. The summed E-state index contributed by atoms with van der Waals surface area (Å²) in [5.74, 6) is -0.192. The molecule has 2 aliphatic heterocycles. The zero-order valence-corrected chi connectivity index (χ0v) is 12.0. The van der Waals surface area contributed by atoms with Gasteiger partial charge in [-0.2, -0.15) is 0 Å². The molecule has 0 spiro atoms. The number of benzene rings is 1. The molecule has 0 bridgehead atoms. The van der Waals surface area contributed by atoms with Crippen molar-refractivity contribution in [1.82, 2.24) is 10.0 Å². The van der Waals surface area contributed by atoms with Crippen molar-refractivity contribution in [3.63, 3.8) is 0 Å². The SMILES string of the molecule is O=C1Cc2cc(S(=O)(=O)NCC3CCC(=O)N3)ccc2N1. The monoisotopic (exact) mass is 309 g/mol. The maximum absolute atomic E-state index is 12.2. The van der Waals surface area contributed by atoms with Crippen LogP contribution in [0.5, 0.6) is 0 Å². The minimum absolute atomic E-state index is 0.0543. The predicted octanol–water partition coefficient (Wildman–Crippen LogP) is -0.262. The minimum Gasteiger partial charge on any atom is -0.352 e. The van der Waals surface area contributed by atoms with Crippen LogP contribution in [0.25, 0.3) is 0 Å². The number of nitrogens with one attached hydrogen (secondary N) is 3. The molecule has 0 radical (unpaired) electrons. The third-order valence-corrected chi connectivity index (χ3v) is 5.04. The molecular weight excluding hydrogens is 294 g/mol. The smallest absolute Gasteiger partial charge is 0.240 e. The summed E-state index contributed by atoms with van der Waals surface area (Å²) in [4.78, 5) is 22.5. The van der Waals surface area contributed by atoms with E-state index >= 15 is 0 Å². The van der Waals surface area contributed by atoms with E-state index in [1.54, 1.807) is 6.07 Å². The standard InChI is InChI=1S/C13H15N3O4S/c17-12-4-1-9(15-12)7-14-21(19,20)10-2-3-11-8(5-10)6-13(18)16-11/h2-3,5,9,14H,1,4,6-7H2,(H,15,17)(H,16,18). The van der Waals surface area contributed by atoms with Gasteiger partial charge in [0.2, 0.25) is 21.8 Å². The van der Waals surface area contributed by atoms with Crippen molar-refractivity contribution < 1.29 is 18.0 Å². The van der Waals surface area contributed by atoms with Crippen molar-refractivity contribution in [2.24, 2.45) is 0 Å². The number of hydrogen-bond acceptors (Lipinski definition) is 4. The van der Waals surface area contributed by atoms with Crippen molar-refractivity contribution in [3.05, 3.63) is 23.8 Å². The Labute approximate surface area is 122 Å². The van der Waals surface area contributed by atoms with E-state index in [4.69, 9.17) is 0 Å². The summed E-state index contributed by atoms with van der Waals surface area (Å²) >= 11 is 0. The van der Waals surface area contributed by atoms with Gasteiger partial charge in [0.25, 0.3) is 0 Å². The van der Waals surface area contributed by atoms with Crippen molar-refractivity contribution in [1.29, 1.82) is 0 Å². The molecule has 8 heteroatoms. The summed E-state index contributed by atoms with van der Waals surface area (Å²) in [6.07, 6.45) is 1.25. The van der Waals surface area contributed by atoms with Crippen molar-refractivity contribution in [2.45, 2.75) is 30.2 Å². The number of carbonyl (C=O) groups is 2. The molecule has 112 valence electrons. The Balaban J connectivity index is 1.72. The number of hydrogen-bond donors (Lipinski definition) is 3. The van der Waals surface area contributed by atoms with E-state index in [1.165, 1.54) is 12.1 Å². The van der Waals surface area contributed by atoms with Gasteiger partial charge < -0.3 is 10.6 Å². The van der Waals surface area contributed by atoms with Crippen LogP contribution in [0, 0.1) is 0 Å². The molecular formula is C13H15N3O4S. The maximum Gasteiger partial charge on any atom is 0.240 e. The molecule has 0 aliphatic carbocycles. The Kier molecular flexibility index (Phi) is 3.42. The van der Waals surface area contributed by atoms with Gasteiger partial charge in [-0.05, 0) is 30.2 Å².